The Labute approximate surface area is 248 Å². The number of hydrogen-bond acceptors (Lipinski definition) is 7. The number of methoxy groups -OCH3 is 2. The maximum Gasteiger partial charge on any atom is 0.328 e. The normalized spacial score (nSPS) is 20.8. The highest BCUT2D eigenvalue weighted by Crippen LogP contribution is 2.42. The number of benzene rings is 3. The molecule has 2 unspecified atom stereocenters. The van der Waals surface area contributed by atoms with Crippen molar-refractivity contribution < 1.29 is 28.4 Å². The molecule has 1 fully saturated rings. The highest BCUT2D eigenvalue weighted by Gasteiger charge is 2.43. The number of nitrogens with zero attached hydrogens (tertiary/aromatic N) is 1. The van der Waals surface area contributed by atoms with Crippen molar-refractivity contribution in [1.82, 2.24) is 9.55 Å². The number of aromatic amines is 1. The van der Waals surface area contributed by atoms with Crippen molar-refractivity contribution in [3.05, 3.63) is 128 Å². The van der Waals surface area contributed by atoms with Crippen LogP contribution in [0.5, 0.6) is 11.5 Å². The second-order valence-electron chi connectivity index (χ2n) is 10.6. The van der Waals surface area contributed by atoms with Crippen LogP contribution in [0.4, 0.5) is 4.39 Å². The minimum atomic E-state index is -1.87. The van der Waals surface area contributed by atoms with E-state index in [2.05, 4.69) is 4.98 Å². The molecule has 10 heteroatoms. The van der Waals surface area contributed by atoms with E-state index in [4.69, 9.17) is 18.9 Å². The summed E-state index contributed by atoms with van der Waals surface area (Å²) in [5.41, 5.74) is 0.168. The van der Waals surface area contributed by atoms with Crippen molar-refractivity contribution in [2.75, 3.05) is 34.0 Å². The maximum absolute atomic E-state index is 15.9. The Hall–Kier alpha value is -4.25. The van der Waals surface area contributed by atoms with E-state index in [0.717, 1.165) is 21.3 Å². The van der Waals surface area contributed by atoms with Gasteiger partial charge < -0.3 is 24.1 Å². The lowest BCUT2D eigenvalue weighted by Gasteiger charge is -2.38. The number of H-pyrrole nitrogens is 1. The maximum atomic E-state index is 15.9. The molecular weight excluding hydrogens is 555 g/mol. The summed E-state index contributed by atoms with van der Waals surface area (Å²) < 4.78 is 40.5. The van der Waals surface area contributed by atoms with E-state index in [0.29, 0.717) is 11.5 Å². The molecule has 0 saturated carbocycles. The molecule has 0 bridgehead atoms. The Morgan fingerprint density at radius 3 is 2.02 bits per heavy atom. The number of ether oxygens (including phenoxy) is 4. The molecule has 1 aromatic heterocycles. The van der Waals surface area contributed by atoms with Gasteiger partial charge in [0.05, 0.1) is 46.2 Å². The number of aliphatic hydroxyl groups excluding tert-OH is 1. The molecule has 1 aliphatic heterocycles. The largest absolute Gasteiger partial charge is 0.497 e. The standard InChI is InChI=1S/C33H35FN2O7/c1-21-17-36(32(39)35-31(21)38)28-20-42-18-22(30(37)29(28)34)19-43-33(23-7-5-4-6-8-23,24-9-13-26(40-2)14-10-24)25-11-15-27(41-3)16-12-25/h4-17,22,28-30,37H,18-20H2,1-3H3,(H,35,38,39)/t22-,28-,29?,30?/m1/s1. The van der Waals surface area contributed by atoms with E-state index in [1.807, 2.05) is 78.9 Å². The monoisotopic (exact) mass is 590 g/mol. The molecule has 0 spiro atoms. The fraction of sp³-hybridized carbons (Fsp3) is 0.333. The lowest BCUT2D eigenvalue weighted by molar-refractivity contribution is -0.0656. The van der Waals surface area contributed by atoms with E-state index in [-0.39, 0.29) is 25.4 Å². The first-order chi connectivity index (χ1) is 20.8. The van der Waals surface area contributed by atoms with Gasteiger partial charge in [0, 0.05) is 17.7 Å². The zero-order valence-electron chi connectivity index (χ0n) is 24.2. The number of nitrogens with one attached hydrogen (secondary N) is 1. The second-order valence-corrected chi connectivity index (χ2v) is 10.6. The summed E-state index contributed by atoms with van der Waals surface area (Å²) in [6.45, 7) is 1.27. The van der Waals surface area contributed by atoms with Crippen LogP contribution >= 0.6 is 0 Å². The molecule has 0 aliphatic carbocycles. The topological polar surface area (TPSA) is 112 Å². The van der Waals surface area contributed by atoms with Gasteiger partial charge in [-0.1, -0.05) is 54.6 Å². The number of aliphatic hydroxyl groups is 1. The Morgan fingerprint density at radius 1 is 0.907 bits per heavy atom. The van der Waals surface area contributed by atoms with Gasteiger partial charge in [0.2, 0.25) is 0 Å². The Balaban J connectivity index is 1.53. The first-order valence-electron chi connectivity index (χ1n) is 14.0. The minimum Gasteiger partial charge on any atom is -0.497 e. The number of alkyl halides is 1. The fourth-order valence-corrected chi connectivity index (χ4v) is 5.54. The molecule has 2 heterocycles. The average Bonchev–Trinajstić information content (AvgIpc) is 3.18. The van der Waals surface area contributed by atoms with Crippen LogP contribution in [0.15, 0.2) is 94.6 Å². The summed E-state index contributed by atoms with van der Waals surface area (Å²) in [4.78, 5) is 26.6. The van der Waals surface area contributed by atoms with Crippen LogP contribution in [0, 0.1) is 12.8 Å². The predicted octanol–water partition coefficient (Wildman–Crippen LogP) is 3.76. The molecule has 3 aromatic carbocycles. The van der Waals surface area contributed by atoms with Gasteiger partial charge in [-0.05, 0) is 47.9 Å². The molecule has 43 heavy (non-hydrogen) atoms. The van der Waals surface area contributed by atoms with Crippen LogP contribution in [0.2, 0.25) is 0 Å². The molecule has 0 radical (unpaired) electrons. The summed E-state index contributed by atoms with van der Waals surface area (Å²) in [5.74, 6) is 0.568. The quantitative estimate of drug-likeness (QED) is 0.286. The SMILES string of the molecule is COc1ccc(C(OC[C@H]2COC[C@@H](n3cc(C)c(=O)[nH]c3=O)C(F)C2O)(c2ccccc2)c2ccc(OC)cc2)cc1. The third-order valence-electron chi connectivity index (χ3n) is 7.99. The van der Waals surface area contributed by atoms with Crippen LogP contribution in [0.1, 0.15) is 28.3 Å². The van der Waals surface area contributed by atoms with Crippen molar-refractivity contribution >= 4 is 0 Å². The summed E-state index contributed by atoms with van der Waals surface area (Å²) >= 11 is 0. The number of hydrogen-bond donors (Lipinski definition) is 2. The number of aryl methyl sites for hydroxylation is 1. The average molecular weight is 591 g/mol. The number of rotatable bonds is 9. The van der Waals surface area contributed by atoms with Gasteiger partial charge in [0.1, 0.15) is 23.3 Å². The third-order valence-corrected chi connectivity index (χ3v) is 7.99. The third kappa shape index (κ3) is 5.99. The van der Waals surface area contributed by atoms with E-state index in [1.54, 1.807) is 14.2 Å². The number of halogens is 1. The van der Waals surface area contributed by atoms with Gasteiger partial charge in [-0.3, -0.25) is 14.3 Å². The highest BCUT2D eigenvalue weighted by molar-refractivity contribution is 5.49. The first-order valence-corrected chi connectivity index (χ1v) is 14.0. The van der Waals surface area contributed by atoms with Crippen LogP contribution in [0.25, 0.3) is 0 Å². The number of aromatic nitrogens is 2. The molecule has 2 N–H and O–H groups in total. The van der Waals surface area contributed by atoms with Crippen LogP contribution in [-0.4, -0.2) is 61.0 Å². The Kier molecular flexibility index (Phi) is 9.10. The van der Waals surface area contributed by atoms with E-state index in [9.17, 15) is 14.7 Å². The molecule has 9 nitrogen and oxygen atoms in total. The smallest absolute Gasteiger partial charge is 0.328 e. The van der Waals surface area contributed by atoms with Gasteiger partial charge in [0.15, 0.2) is 0 Å². The molecule has 1 saturated heterocycles. The summed E-state index contributed by atoms with van der Waals surface area (Å²) in [5, 5.41) is 11.3. The van der Waals surface area contributed by atoms with Gasteiger partial charge in [-0.2, -0.15) is 0 Å². The van der Waals surface area contributed by atoms with Crippen LogP contribution in [-0.2, 0) is 15.1 Å². The summed E-state index contributed by atoms with van der Waals surface area (Å²) in [6, 6.07) is 23.5. The van der Waals surface area contributed by atoms with Crippen molar-refractivity contribution in [3.63, 3.8) is 0 Å². The molecule has 226 valence electrons. The van der Waals surface area contributed by atoms with E-state index >= 15 is 4.39 Å². The van der Waals surface area contributed by atoms with Crippen molar-refractivity contribution in [1.29, 1.82) is 0 Å². The van der Waals surface area contributed by atoms with Gasteiger partial charge in [-0.25, -0.2) is 9.18 Å². The molecule has 4 aromatic rings. The lowest BCUT2D eigenvalue weighted by Crippen LogP contribution is -2.44. The summed E-state index contributed by atoms with van der Waals surface area (Å²) in [7, 11) is 3.19. The van der Waals surface area contributed by atoms with Crippen LogP contribution in [0.3, 0.4) is 0 Å². The fourth-order valence-electron chi connectivity index (χ4n) is 5.54. The molecular formula is C33H35FN2O7. The summed E-state index contributed by atoms with van der Waals surface area (Å²) in [6.07, 6.45) is -2.10. The lowest BCUT2D eigenvalue weighted by atomic mass is 9.79. The molecule has 1 aliphatic rings. The van der Waals surface area contributed by atoms with Crippen LogP contribution < -0.4 is 20.7 Å². The van der Waals surface area contributed by atoms with E-state index < -0.39 is 41.1 Å². The van der Waals surface area contributed by atoms with E-state index in [1.165, 1.54) is 13.1 Å². The predicted molar refractivity (Wildman–Crippen MR) is 159 cm³/mol. The highest BCUT2D eigenvalue weighted by atomic mass is 19.1. The molecule has 4 atom stereocenters. The van der Waals surface area contributed by atoms with Crippen molar-refractivity contribution in [2.24, 2.45) is 5.92 Å². The van der Waals surface area contributed by atoms with Gasteiger partial charge in [0.25, 0.3) is 5.56 Å². The minimum absolute atomic E-state index is 0.00866. The van der Waals surface area contributed by atoms with Crippen molar-refractivity contribution in [2.45, 2.75) is 30.8 Å². The van der Waals surface area contributed by atoms with Crippen molar-refractivity contribution in [3.8, 4) is 11.5 Å². The van der Waals surface area contributed by atoms with Gasteiger partial charge >= 0.3 is 5.69 Å². The first kappa shape index (κ1) is 30.2. The second kappa shape index (κ2) is 12.9. The van der Waals surface area contributed by atoms with Gasteiger partial charge in [-0.15, -0.1) is 0 Å². The zero-order chi connectivity index (χ0) is 30.6. The Bertz CT molecular complexity index is 1570. The Morgan fingerprint density at radius 2 is 1.47 bits per heavy atom. The zero-order valence-corrected chi connectivity index (χ0v) is 24.2. The molecule has 0 amide bonds. The molecule has 5 rings (SSSR count).